The first kappa shape index (κ1) is 16.7. The lowest BCUT2D eigenvalue weighted by atomic mass is 9.74. The highest BCUT2D eigenvalue weighted by atomic mass is 16.1. The van der Waals surface area contributed by atoms with Gasteiger partial charge in [-0.25, -0.2) is 0 Å². The fraction of sp³-hybridized carbons (Fsp3) is 0.429. The highest BCUT2D eigenvalue weighted by Gasteiger charge is 2.38. The molecule has 0 amide bonds. The monoisotopic (exact) mass is 323 g/mol. The predicted molar refractivity (Wildman–Crippen MR) is 97.1 cm³/mol. The molecule has 1 heterocycles. The number of ketones is 2. The first-order valence-electron chi connectivity index (χ1n) is 8.45. The first-order valence-corrected chi connectivity index (χ1v) is 8.45. The van der Waals surface area contributed by atoms with Gasteiger partial charge in [-0.1, -0.05) is 45.9 Å². The molecule has 0 radical (unpaired) electrons. The molecule has 1 aromatic carbocycles. The number of Topliss-reactive ketones (excluding diaryl/α,β-unsaturated/α-hetero) is 2. The molecule has 2 aliphatic rings. The van der Waals surface area contributed by atoms with E-state index in [0.29, 0.717) is 18.4 Å². The van der Waals surface area contributed by atoms with Crippen LogP contribution in [0.2, 0.25) is 0 Å². The number of carbonyl (C=O) groups excluding carboxylic acids is 2. The number of para-hydroxylation sites is 1. The summed E-state index contributed by atoms with van der Waals surface area (Å²) in [5.41, 5.74) is 3.51. The van der Waals surface area contributed by atoms with Gasteiger partial charge in [0.2, 0.25) is 0 Å². The van der Waals surface area contributed by atoms with Crippen LogP contribution in [0.15, 0.2) is 47.7 Å². The summed E-state index contributed by atoms with van der Waals surface area (Å²) in [4.78, 5) is 26.9. The van der Waals surface area contributed by atoms with Crippen LogP contribution in [0.3, 0.4) is 0 Å². The van der Waals surface area contributed by atoms with Crippen molar-refractivity contribution in [2.75, 3.05) is 11.9 Å². The summed E-state index contributed by atoms with van der Waals surface area (Å²) in [7, 11) is 2.03. The zero-order valence-electron chi connectivity index (χ0n) is 15.1. The Labute approximate surface area is 144 Å². The van der Waals surface area contributed by atoms with Crippen molar-refractivity contribution in [1.82, 2.24) is 0 Å². The summed E-state index contributed by atoms with van der Waals surface area (Å²) in [5.74, 6) is -0.0758. The molecule has 126 valence electrons. The number of hydrogen-bond donors (Lipinski definition) is 0. The van der Waals surface area contributed by atoms with E-state index in [0.717, 1.165) is 5.70 Å². The van der Waals surface area contributed by atoms with Crippen molar-refractivity contribution in [1.29, 1.82) is 0 Å². The molecule has 1 aromatic rings. The van der Waals surface area contributed by atoms with Gasteiger partial charge in [-0.3, -0.25) is 9.59 Å². The van der Waals surface area contributed by atoms with Crippen LogP contribution in [0.5, 0.6) is 0 Å². The van der Waals surface area contributed by atoms with Crippen molar-refractivity contribution in [3.05, 3.63) is 53.3 Å². The second kappa shape index (κ2) is 5.44. The van der Waals surface area contributed by atoms with Crippen LogP contribution < -0.4 is 4.90 Å². The maximum Gasteiger partial charge on any atom is 0.166 e. The van der Waals surface area contributed by atoms with Crippen LogP contribution in [0.1, 0.15) is 46.1 Å². The molecule has 3 nitrogen and oxygen atoms in total. The molecule has 1 saturated carbocycles. The number of fused-ring (bicyclic) bond motifs is 1. The van der Waals surface area contributed by atoms with E-state index in [9.17, 15) is 9.59 Å². The minimum atomic E-state index is -0.224. The van der Waals surface area contributed by atoms with Gasteiger partial charge in [-0.15, -0.1) is 0 Å². The quantitative estimate of drug-likeness (QED) is 0.574. The number of likely N-dealkylation sites (N-methyl/N-ethyl adjacent to an activating group) is 1. The standard InChI is InChI=1S/C21H25NO2/c1-20(2)12-17(23)14(18(24)13-20)10-11-19-21(3,4)15-8-6-7-9-16(15)22(19)5/h6-11H,12-13H2,1-5H3/b19-11+. The Bertz CT molecular complexity index is 759. The van der Waals surface area contributed by atoms with Crippen LogP contribution in [-0.2, 0) is 15.0 Å². The lowest BCUT2D eigenvalue weighted by molar-refractivity contribution is -0.127. The van der Waals surface area contributed by atoms with Gasteiger partial charge < -0.3 is 4.90 Å². The fourth-order valence-corrected chi connectivity index (χ4v) is 3.93. The Hall–Kier alpha value is -2.16. The van der Waals surface area contributed by atoms with E-state index < -0.39 is 0 Å². The average Bonchev–Trinajstić information content (AvgIpc) is 2.66. The molecular formula is C21H25NO2. The molecule has 0 aromatic heterocycles. The molecule has 0 atom stereocenters. The number of rotatable bonds is 1. The van der Waals surface area contributed by atoms with Gasteiger partial charge in [0.1, 0.15) is 0 Å². The number of hydrogen-bond acceptors (Lipinski definition) is 3. The van der Waals surface area contributed by atoms with Crippen molar-refractivity contribution in [3.63, 3.8) is 0 Å². The zero-order valence-corrected chi connectivity index (χ0v) is 15.1. The van der Waals surface area contributed by atoms with Crippen molar-refractivity contribution in [3.8, 4) is 0 Å². The van der Waals surface area contributed by atoms with E-state index in [2.05, 4.69) is 30.9 Å². The van der Waals surface area contributed by atoms with Crippen LogP contribution in [0.25, 0.3) is 0 Å². The molecule has 0 spiro atoms. The van der Waals surface area contributed by atoms with Gasteiger partial charge in [0.15, 0.2) is 11.6 Å². The minimum absolute atomic E-state index is 0.0379. The van der Waals surface area contributed by atoms with Crippen LogP contribution in [-0.4, -0.2) is 18.6 Å². The first-order chi connectivity index (χ1) is 11.1. The SMILES string of the molecule is CN1/C(=C/C=C2C(=O)CC(C)(C)CC2=O)C(C)(C)c2ccccc21. The third-order valence-corrected chi connectivity index (χ3v) is 5.23. The number of carbonyl (C=O) groups is 2. The highest BCUT2D eigenvalue weighted by Crippen LogP contribution is 2.46. The number of nitrogens with zero attached hydrogens (tertiary/aromatic N) is 1. The Kier molecular flexibility index (Phi) is 3.78. The second-order valence-electron chi connectivity index (χ2n) is 8.20. The Morgan fingerprint density at radius 3 is 2.12 bits per heavy atom. The number of allylic oxidation sites excluding steroid dienone is 4. The maximum atomic E-state index is 12.4. The highest BCUT2D eigenvalue weighted by molar-refractivity contribution is 6.22. The molecule has 1 aliphatic carbocycles. The molecule has 0 bridgehead atoms. The Morgan fingerprint density at radius 1 is 0.958 bits per heavy atom. The van der Waals surface area contributed by atoms with E-state index in [-0.39, 0.29) is 22.4 Å². The molecule has 0 N–H and O–H groups in total. The van der Waals surface area contributed by atoms with Crippen molar-refractivity contribution in [2.45, 2.75) is 46.0 Å². The third kappa shape index (κ3) is 2.62. The van der Waals surface area contributed by atoms with Gasteiger partial charge in [0.05, 0.1) is 5.57 Å². The second-order valence-corrected chi connectivity index (χ2v) is 8.20. The Balaban J connectivity index is 1.98. The van der Waals surface area contributed by atoms with Crippen LogP contribution in [0, 0.1) is 5.41 Å². The molecule has 0 saturated heterocycles. The van der Waals surface area contributed by atoms with Gasteiger partial charge in [-0.2, -0.15) is 0 Å². The molecule has 3 heteroatoms. The molecule has 3 rings (SSSR count). The van der Waals surface area contributed by atoms with Crippen molar-refractivity contribution < 1.29 is 9.59 Å². The van der Waals surface area contributed by atoms with Crippen molar-refractivity contribution >= 4 is 17.3 Å². The normalized spacial score (nSPS) is 23.6. The third-order valence-electron chi connectivity index (χ3n) is 5.23. The van der Waals surface area contributed by atoms with E-state index in [1.54, 1.807) is 6.08 Å². The summed E-state index contributed by atoms with van der Waals surface area (Å²) in [6.45, 7) is 8.30. The van der Waals surface area contributed by atoms with E-state index in [1.165, 1.54) is 11.3 Å². The molecule has 1 aliphatic heterocycles. The summed E-state index contributed by atoms with van der Waals surface area (Å²) >= 11 is 0. The smallest absolute Gasteiger partial charge is 0.166 e. The molecule has 24 heavy (non-hydrogen) atoms. The minimum Gasteiger partial charge on any atom is -0.347 e. The summed E-state index contributed by atoms with van der Waals surface area (Å²) < 4.78 is 0. The van der Waals surface area contributed by atoms with Gasteiger partial charge >= 0.3 is 0 Å². The van der Waals surface area contributed by atoms with Gasteiger partial charge in [-0.05, 0) is 29.2 Å². The maximum absolute atomic E-state index is 12.4. The topological polar surface area (TPSA) is 37.4 Å². The van der Waals surface area contributed by atoms with E-state index >= 15 is 0 Å². The summed E-state index contributed by atoms with van der Waals surface area (Å²) in [6, 6.07) is 8.32. The lowest BCUT2D eigenvalue weighted by Gasteiger charge is -2.28. The molecule has 1 fully saturated rings. The fourth-order valence-electron chi connectivity index (χ4n) is 3.93. The average molecular weight is 323 g/mol. The van der Waals surface area contributed by atoms with Crippen LogP contribution >= 0.6 is 0 Å². The molecule has 0 unspecified atom stereocenters. The van der Waals surface area contributed by atoms with Gasteiger partial charge in [0, 0.05) is 36.7 Å². The van der Waals surface area contributed by atoms with Crippen molar-refractivity contribution in [2.24, 2.45) is 5.41 Å². The van der Waals surface area contributed by atoms with Crippen LogP contribution in [0.4, 0.5) is 5.69 Å². The molecular weight excluding hydrogens is 298 g/mol. The number of benzene rings is 1. The predicted octanol–water partition coefficient (Wildman–Crippen LogP) is 4.18. The zero-order chi connectivity index (χ0) is 17.7. The summed E-state index contributed by atoms with van der Waals surface area (Å²) in [6.07, 6.45) is 4.56. The number of anilines is 1. The van der Waals surface area contributed by atoms with E-state index in [1.807, 2.05) is 39.1 Å². The largest absolute Gasteiger partial charge is 0.347 e. The summed E-state index contributed by atoms with van der Waals surface area (Å²) in [5, 5.41) is 0. The Morgan fingerprint density at radius 2 is 1.54 bits per heavy atom. The van der Waals surface area contributed by atoms with Gasteiger partial charge in [0.25, 0.3) is 0 Å². The lowest BCUT2D eigenvalue weighted by Crippen LogP contribution is -2.31. The van der Waals surface area contributed by atoms with E-state index in [4.69, 9.17) is 0 Å².